The first kappa shape index (κ1) is 13.0. The number of anilines is 1. The predicted octanol–water partition coefficient (Wildman–Crippen LogP) is 1.83. The molecule has 2 rings (SSSR count). The van der Waals surface area contributed by atoms with Crippen LogP contribution in [0.15, 0.2) is 12.3 Å². The molecule has 0 amide bonds. The Hall–Kier alpha value is -1.40. The van der Waals surface area contributed by atoms with Crippen molar-refractivity contribution >= 4 is 23.1 Å². The fraction of sp³-hybridized carbons (Fsp3) is 0.545. The van der Waals surface area contributed by atoms with Gasteiger partial charge in [0.15, 0.2) is 0 Å². The van der Waals surface area contributed by atoms with Crippen molar-refractivity contribution in [3.63, 3.8) is 0 Å². The first-order chi connectivity index (χ1) is 8.63. The summed E-state index contributed by atoms with van der Waals surface area (Å²) in [5.41, 5.74) is -0.0251. The molecule has 2 heterocycles. The molecule has 0 unspecified atom stereocenters. The van der Waals surface area contributed by atoms with Crippen LogP contribution in [-0.4, -0.2) is 35.6 Å². The molecule has 0 atom stereocenters. The Morgan fingerprint density at radius 3 is 2.89 bits per heavy atom. The maximum Gasteiger partial charge on any atom is 0.313 e. The van der Waals surface area contributed by atoms with Gasteiger partial charge in [-0.25, -0.2) is 4.98 Å². The highest BCUT2D eigenvalue weighted by atomic mass is 35.5. The number of nitrogens with zero attached hydrogens (tertiary/aromatic N) is 3. The van der Waals surface area contributed by atoms with Gasteiger partial charge in [-0.1, -0.05) is 18.5 Å². The molecule has 0 bridgehead atoms. The molecule has 18 heavy (non-hydrogen) atoms. The van der Waals surface area contributed by atoms with Crippen molar-refractivity contribution < 1.29 is 4.92 Å². The van der Waals surface area contributed by atoms with Gasteiger partial charge in [-0.3, -0.25) is 10.1 Å². The Balaban J connectivity index is 2.36. The van der Waals surface area contributed by atoms with Crippen LogP contribution in [0, 0.1) is 10.1 Å². The lowest BCUT2D eigenvalue weighted by molar-refractivity contribution is -0.384. The van der Waals surface area contributed by atoms with Gasteiger partial charge in [-0.15, -0.1) is 0 Å². The second kappa shape index (κ2) is 5.49. The summed E-state index contributed by atoms with van der Waals surface area (Å²) in [7, 11) is 0. The highest BCUT2D eigenvalue weighted by molar-refractivity contribution is 6.30. The van der Waals surface area contributed by atoms with Crippen LogP contribution in [0.4, 0.5) is 11.5 Å². The lowest BCUT2D eigenvalue weighted by Crippen LogP contribution is -2.58. The Kier molecular flexibility index (Phi) is 3.98. The number of nitrogens with one attached hydrogen (secondary N) is 1. The molecule has 0 radical (unpaired) electrons. The second-order valence-corrected chi connectivity index (χ2v) is 4.70. The van der Waals surface area contributed by atoms with Crippen LogP contribution in [0.5, 0.6) is 0 Å². The molecule has 1 fully saturated rings. The second-order valence-electron chi connectivity index (χ2n) is 4.26. The number of hydrogen-bond acceptors (Lipinski definition) is 5. The SMILES string of the molecule is CCCN(c1ncc(Cl)cc1[N+](=O)[O-])C1CNC1. The van der Waals surface area contributed by atoms with Crippen molar-refractivity contribution in [2.45, 2.75) is 19.4 Å². The molecule has 1 aromatic rings. The summed E-state index contributed by atoms with van der Waals surface area (Å²) >= 11 is 5.77. The number of rotatable bonds is 5. The molecule has 1 aliphatic rings. The largest absolute Gasteiger partial charge is 0.345 e. The van der Waals surface area contributed by atoms with Crippen molar-refractivity contribution in [1.82, 2.24) is 10.3 Å². The summed E-state index contributed by atoms with van der Waals surface area (Å²) in [5.74, 6) is 0.415. The van der Waals surface area contributed by atoms with E-state index in [0.29, 0.717) is 5.82 Å². The van der Waals surface area contributed by atoms with E-state index in [1.807, 2.05) is 11.8 Å². The Morgan fingerprint density at radius 1 is 1.67 bits per heavy atom. The van der Waals surface area contributed by atoms with E-state index in [4.69, 9.17) is 11.6 Å². The quantitative estimate of drug-likeness (QED) is 0.653. The third kappa shape index (κ3) is 2.54. The van der Waals surface area contributed by atoms with E-state index in [2.05, 4.69) is 10.3 Å². The standard InChI is InChI=1S/C11H15ClN4O2/c1-2-3-15(9-6-13-7-9)11-10(16(17)18)4-8(12)5-14-11/h4-5,9,13H,2-3,6-7H2,1H3. The molecule has 1 N–H and O–H groups in total. The minimum Gasteiger partial charge on any atom is -0.345 e. The zero-order valence-corrected chi connectivity index (χ0v) is 10.9. The van der Waals surface area contributed by atoms with E-state index in [0.717, 1.165) is 26.1 Å². The zero-order chi connectivity index (χ0) is 13.1. The summed E-state index contributed by atoms with van der Waals surface area (Å²) in [6.45, 7) is 4.46. The maximum absolute atomic E-state index is 11.1. The van der Waals surface area contributed by atoms with Crippen LogP contribution in [0.2, 0.25) is 5.02 Å². The van der Waals surface area contributed by atoms with Gasteiger partial charge in [0, 0.05) is 31.9 Å². The molecule has 1 aliphatic heterocycles. The lowest BCUT2D eigenvalue weighted by atomic mass is 10.1. The summed E-state index contributed by atoms with van der Waals surface area (Å²) in [6, 6.07) is 1.64. The average Bonchev–Trinajstić information content (AvgIpc) is 2.26. The molecule has 0 saturated carbocycles. The first-order valence-electron chi connectivity index (χ1n) is 5.90. The van der Waals surface area contributed by atoms with Crippen molar-refractivity contribution in [2.75, 3.05) is 24.5 Å². The summed E-state index contributed by atoms with van der Waals surface area (Å²) in [6.07, 6.45) is 2.37. The number of halogens is 1. The molecule has 1 aromatic heterocycles. The monoisotopic (exact) mass is 270 g/mol. The number of aromatic nitrogens is 1. The Bertz CT molecular complexity index is 451. The van der Waals surface area contributed by atoms with Gasteiger partial charge >= 0.3 is 5.69 Å². The number of pyridine rings is 1. The van der Waals surface area contributed by atoms with E-state index >= 15 is 0 Å². The first-order valence-corrected chi connectivity index (χ1v) is 6.28. The van der Waals surface area contributed by atoms with Gasteiger partial charge in [0.05, 0.1) is 16.0 Å². The fourth-order valence-electron chi connectivity index (χ4n) is 1.97. The molecule has 1 saturated heterocycles. The minimum absolute atomic E-state index is 0.0251. The summed E-state index contributed by atoms with van der Waals surface area (Å²) in [5, 5.41) is 14.5. The fourth-order valence-corrected chi connectivity index (χ4v) is 2.13. The van der Waals surface area contributed by atoms with Crippen molar-refractivity contribution in [3.05, 3.63) is 27.4 Å². The van der Waals surface area contributed by atoms with E-state index in [1.165, 1.54) is 12.3 Å². The highest BCUT2D eigenvalue weighted by Gasteiger charge is 2.30. The van der Waals surface area contributed by atoms with Crippen molar-refractivity contribution in [2.24, 2.45) is 0 Å². The normalized spacial score (nSPS) is 15.2. The maximum atomic E-state index is 11.1. The molecular weight excluding hydrogens is 256 g/mol. The smallest absolute Gasteiger partial charge is 0.313 e. The van der Waals surface area contributed by atoms with Crippen molar-refractivity contribution in [1.29, 1.82) is 0 Å². The van der Waals surface area contributed by atoms with Gasteiger partial charge in [0.25, 0.3) is 0 Å². The van der Waals surface area contributed by atoms with Gasteiger partial charge in [0.2, 0.25) is 5.82 Å². The van der Waals surface area contributed by atoms with E-state index in [1.54, 1.807) is 0 Å². The van der Waals surface area contributed by atoms with E-state index in [9.17, 15) is 10.1 Å². The van der Waals surface area contributed by atoms with E-state index in [-0.39, 0.29) is 16.8 Å². The van der Waals surface area contributed by atoms with Crippen LogP contribution >= 0.6 is 11.6 Å². The van der Waals surface area contributed by atoms with Gasteiger partial charge in [-0.05, 0) is 6.42 Å². The molecule has 6 nitrogen and oxygen atoms in total. The summed E-state index contributed by atoms with van der Waals surface area (Å²) < 4.78 is 0. The third-order valence-electron chi connectivity index (χ3n) is 2.95. The zero-order valence-electron chi connectivity index (χ0n) is 10.1. The average molecular weight is 271 g/mol. The van der Waals surface area contributed by atoms with E-state index < -0.39 is 4.92 Å². The Morgan fingerprint density at radius 2 is 2.39 bits per heavy atom. The van der Waals surface area contributed by atoms with Crippen LogP contribution in [-0.2, 0) is 0 Å². The van der Waals surface area contributed by atoms with Crippen LogP contribution in [0.1, 0.15) is 13.3 Å². The molecule has 98 valence electrons. The molecule has 0 aromatic carbocycles. The van der Waals surface area contributed by atoms with Crippen LogP contribution in [0.25, 0.3) is 0 Å². The van der Waals surface area contributed by atoms with Crippen LogP contribution in [0.3, 0.4) is 0 Å². The minimum atomic E-state index is -0.428. The van der Waals surface area contributed by atoms with Crippen LogP contribution < -0.4 is 10.2 Å². The van der Waals surface area contributed by atoms with Crippen molar-refractivity contribution in [3.8, 4) is 0 Å². The van der Waals surface area contributed by atoms with Gasteiger partial charge < -0.3 is 10.2 Å². The Labute approximate surface area is 110 Å². The number of hydrogen-bond donors (Lipinski definition) is 1. The molecular formula is C11H15ClN4O2. The molecule has 7 heteroatoms. The lowest BCUT2D eigenvalue weighted by Gasteiger charge is -2.38. The molecule has 0 spiro atoms. The van der Waals surface area contributed by atoms with Gasteiger partial charge in [0.1, 0.15) is 0 Å². The third-order valence-corrected chi connectivity index (χ3v) is 3.15. The predicted molar refractivity (Wildman–Crippen MR) is 70.2 cm³/mol. The van der Waals surface area contributed by atoms with Gasteiger partial charge in [-0.2, -0.15) is 0 Å². The highest BCUT2D eigenvalue weighted by Crippen LogP contribution is 2.30. The number of nitro groups is 1. The molecule has 0 aliphatic carbocycles. The topological polar surface area (TPSA) is 71.3 Å². The summed E-state index contributed by atoms with van der Waals surface area (Å²) in [4.78, 5) is 16.8.